The Labute approximate surface area is 151 Å². The number of hydrogen-bond acceptors (Lipinski definition) is 5. The second kappa shape index (κ2) is 7.25. The summed E-state index contributed by atoms with van der Waals surface area (Å²) in [6.45, 7) is 2.62. The third kappa shape index (κ3) is 4.53. The van der Waals surface area contributed by atoms with E-state index < -0.39 is 12.2 Å². The van der Waals surface area contributed by atoms with Gasteiger partial charge in [-0.2, -0.15) is 13.8 Å². The van der Waals surface area contributed by atoms with Crippen LogP contribution in [0.1, 0.15) is 46.5 Å². The SMILES string of the molecule is CC(C)(C)OC(=O)N1[C@@H]2CC[C@H]1CC(Oc1cccc(OC(F)F)n1)C2. The number of amides is 1. The summed E-state index contributed by atoms with van der Waals surface area (Å²) in [6, 6.07) is 4.65. The molecule has 0 spiro atoms. The minimum atomic E-state index is -2.93. The Kier molecular flexibility index (Phi) is 5.20. The number of fused-ring (bicyclic) bond motifs is 2. The Bertz CT molecular complexity index is 636. The molecular weight excluding hydrogens is 346 g/mol. The molecule has 2 bridgehead atoms. The summed E-state index contributed by atoms with van der Waals surface area (Å²) in [5.41, 5.74) is -0.529. The molecule has 1 aromatic heterocycles. The predicted octanol–water partition coefficient (Wildman–Crippen LogP) is 3.99. The van der Waals surface area contributed by atoms with Crippen LogP contribution < -0.4 is 9.47 Å². The second-order valence-electron chi connectivity index (χ2n) is 7.68. The summed E-state index contributed by atoms with van der Waals surface area (Å²) in [4.78, 5) is 18.2. The fourth-order valence-corrected chi connectivity index (χ4v) is 3.63. The van der Waals surface area contributed by atoms with Crippen LogP contribution in [0.3, 0.4) is 0 Å². The Hall–Kier alpha value is -2.12. The zero-order valence-corrected chi connectivity index (χ0v) is 15.2. The van der Waals surface area contributed by atoms with Crippen LogP contribution in [0.5, 0.6) is 11.8 Å². The maximum atomic E-state index is 12.4. The van der Waals surface area contributed by atoms with Crippen molar-refractivity contribution in [3.05, 3.63) is 18.2 Å². The zero-order valence-electron chi connectivity index (χ0n) is 15.2. The summed E-state index contributed by atoms with van der Waals surface area (Å²) in [6.07, 6.45) is 2.74. The average Bonchev–Trinajstić information content (AvgIpc) is 2.77. The number of halogens is 2. The lowest BCUT2D eigenvalue weighted by atomic mass is 10.0. The molecule has 3 heterocycles. The lowest BCUT2D eigenvalue weighted by molar-refractivity contribution is -0.0533. The van der Waals surface area contributed by atoms with Crippen LogP contribution in [0.4, 0.5) is 13.6 Å². The smallest absolute Gasteiger partial charge is 0.410 e. The molecule has 2 saturated heterocycles. The van der Waals surface area contributed by atoms with Gasteiger partial charge < -0.3 is 19.1 Å². The van der Waals surface area contributed by atoms with E-state index in [1.54, 1.807) is 12.1 Å². The van der Waals surface area contributed by atoms with Gasteiger partial charge in [-0.1, -0.05) is 6.07 Å². The number of carbonyl (C=O) groups excluding carboxylic acids is 1. The van der Waals surface area contributed by atoms with Crippen molar-refractivity contribution in [1.29, 1.82) is 0 Å². The van der Waals surface area contributed by atoms with Crippen LogP contribution in [0.25, 0.3) is 0 Å². The molecule has 1 amide bonds. The van der Waals surface area contributed by atoms with Crippen LogP contribution in [0.15, 0.2) is 18.2 Å². The van der Waals surface area contributed by atoms with Gasteiger partial charge in [0, 0.05) is 37.1 Å². The molecule has 1 unspecified atom stereocenters. The minimum absolute atomic E-state index is 0.0640. The van der Waals surface area contributed by atoms with Crippen molar-refractivity contribution in [2.24, 2.45) is 0 Å². The molecule has 0 aromatic carbocycles. The number of rotatable bonds is 4. The van der Waals surface area contributed by atoms with Gasteiger partial charge in [0.2, 0.25) is 11.8 Å². The third-order valence-electron chi connectivity index (χ3n) is 4.49. The molecule has 2 aliphatic heterocycles. The first-order valence-corrected chi connectivity index (χ1v) is 8.81. The second-order valence-corrected chi connectivity index (χ2v) is 7.68. The normalized spacial score (nSPS) is 25.3. The van der Waals surface area contributed by atoms with Gasteiger partial charge in [0.1, 0.15) is 11.7 Å². The van der Waals surface area contributed by atoms with Crippen molar-refractivity contribution in [3.63, 3.8) is 0 Å². The van der Waals surface area contributed by atoms with Gasteiger partial charge in [-0.3, -0.25) is 0 Å². The molecule has 6 nitrogen and oxygen atoms in total. The number of hydrogen-bond donors (Lipinski definition) is 0. The Morgan fingerprint density at radius 1 is 1.19 bits per heavy atom. The lowest BCUT2D eigenvalue weighted by Gasteiger charge is -2.39. The number of piperidine rings is 1. The van der Waals surface area contributed by atoms with E-state index in [0.29, 0.717) is 12.8 Å². The van der Waals surface area contributed by atoms with Gasteiger partial charge >= 0.3 is 12.7 Å². The summed E-state index contributed by atoms with van der Waals surface area (Å²) < 4.78 is 40.3. The highest BCUT2D eigenvalue weighted by Gasteiger charge is 2.45. The van der Waals surface area contributed by atoms with E-state index >= 15 is 0 Å². The maximum absolute atomic E-state index is 12.4. The monoisotopic (exact) mass is 370 g/mol. The first-order chi connectivity index (χ1) is 12.2. The quantitative estimate of drug-likeness (QED) is 0.802. The van der Waals surface area contributed by atoms with Crippen molar-refractivity contribution in [1.82, 2.24) is 9.88 Å². The van der Waals surface area contributed by atoms with Crippen LogP contribution in [0.2, 0.25) is 0 Å². The maximum Gasteiger partial charge on any atom is 0.410 e. The Morgan fingerprint density at radius 2 is 1.81 bits per heavy atom. The van der Waals surface area contributed by atoms with E-state index in [0.717, 1.165) is 12.8 Å². The van der Waals surface area contributed by atoms with Crippen molar-refractivity contribution in [2.45, 2.75) is 76.9 Å². The number of pyridine rings is 1. The number of aromatic nitrogens is 1. The van der Waals surface area contributed by atoms with E-state index in [2.05, 4.69) is 9.72 Å². The van der Waals surface area contributed by atoms with E-state index in [1.165, 1.54) is 6.07 Å². The summed E-state index contributed by atoms with van der Waals surface area (Å²) >= 11 is 0. The molecule has 0 aliphatic carbocycles. The number of nitrogens with zero attached hydrogens (tertiary/aromatic N) is 2. The van der Waals surface area contributed by atoms with E-state index in [4.69, 9.17) is 9.47 Å². The third-order valence-corrected chi connectivity index (χ3v) is 4.49. The fraction of sp³-hybridized carbons (Fsp3) is 0.667. The standard InChI is InChI=1S/C18H24F2N2O4/c1-18(2,3)26-17(23)22-11-7-8-12(22)10-13(9-11)24-14-5-4-6-15(21-14)25-16(19)20/h4-6,11-13,16H,7-10H2,1-3H3/t11-,12+,13?. The fourth-order valence-electron chi connectivity index (χ4n) is 3.63. The van der Waals surface area contributed by atoms with Gasteiger partial charge in [-0.15, -0.1) is 0 Å². The van der Waals surface area contributed by atoms with Crippen molar-refractivity contribution < 1.29 is 27.8 Å². The van der Waals surface area contributed by atoms with Gasteiger partial charge in [-0.25, -0.2) is 4.79 Å². The molecule has 0 saturated carbocycles. The highest BCUT2D eigenvalue weighted by Crippen LogP contribution is 2.38. The molecule has 1 aromatic rings. The van der Waals surface area contributed by atoms with Gasteiger partial charge in [-0.05, 0) is 33.6 Å². The number of carbonyl (C=O) groups is 1. The molecule has 26 heavy (non-hydrogen) atoms. The van der Waals surface area contributed by atoms with Gasteiger partial charge in [0.25, 0.3) is 0 Å². The minimum Gasteiger partial charge on any atom is -0.474 e. The van der Waals surface area contributed by atoms with E-state index in [9.17, 15) is 13.6 Å². The highest BCUT2D eigenvalue weighted by molar-refractivity contribution is 5.69. The molecule has 3 rings (SSSR count). The van der Waals surface area contributed by atoms with Crippen molar-refractivity contribution in [2.75, 3.05) is 0 Å². The average molecular weight is 370 g/mol. The molecule has 2 aliphatic rings. The van der Waals surface area contributed by atoms with Crippen molar-refractivity contribution in [3.8, 4) is 11.8 Å². The Balaban J connectivity index is 1.62. The summed E-state index contributed by atoms with van der Waals surface area (Å²) in [5, 5.41) is 0. The molecule has 2 fully saturated rings. The van der Waals surface area contributed by atoms with E-state index in [1.807, 2.05) is 25.7 Å². The van der Waals surface area contributed by atoms with Crippen LogP contribution >= 0.6 is 0 Å². The Morgan fingerprint density at radius 3 is 2.38 bits per heavy atom. The largest absolute Gasteiger partial charge is 0.474 e. The summed E-state index contributed by atoms with van der Waals surface area (Å²) in [7, 11) is 0. The molecule has 0 N–H and O–H groups in total. The van der Waals surface area contributed by atoms with Crippen LogP contribution in [0, 0.1) is 0 Å². The topological polar surface area (TPSA) is 60.9 Å². The van der Waals surface area contributed by atoms with Gasteiger partial charge in [0.15, 0.2) is 0 Å². The van der Waals surface area contributed by atoms with Crippen LogP contribution in [-0.2, 0) is 4.74 Å². The molecule has 144 valence electrons. The lowest BCUT2D eigenvalue weighted by Crippen LogP contribution is -2.50. The van der Waals surface area contributed by atoms with Crippen molar-refractivity contribution >= 4 is 6.09 Å². The van der Waals surface area contributed by atoms with Gasteiger partial charge in [0.05, 0.1) is 0 Å². The number of ether oxygens (including phenoxy) is 3. The predicted molar refractivity (Wildman–Crippen MR) is 89.4 cm³/mol. The number of alkyl halides is 2. The van der Waals surface area contributed by atoms with E-state index in [-0.39, 0.29) is 36.0 Å². The first-order valence-electron chi connectivity index (χ1n) is 8.81. The summed E-state index contributed by atoms with van der Waals surface area (Å²) in [5.74, 6) is 0.0740. The molecule has 3 atom stereocenters. The zero-order chi connectivity index (χ0) is 18.9. The molecular formula is C18H24F2N2O4. The first kappa shape index (κ1) is 18.7. The molecule has 8 heteroatoms. The molecule has 0 radical (unpaired) electrons. The highest BCUT2D eigenvalue weighted by atomic mass is 19.3. The van der Waals surface area contributed by atoms with Crippen LogP contribution in [-0.4, -0.2) is 46.4 Å².